The molecular weight excluding hydrogens is 492 g/mol. The number of ether oxygens (including phenoxy) is 1. The number of nitrogens with zero attached hydrogens (tertiary/aromatic N) is 3. The highest BCUT2D eigenvalue weighted by Crippen LogP contribution is 2.37. The minimum Gasteiger partial charge on any atom is -0.405 e. The van der Waals surface area contributed by atoms with E-state index in [1.165, 1.54) is 6.07 Å². The molecule has 3 aromatic rings. The lowest BCUT2D eigenvalue weighted by atomic mass is 10.0. The van der Waals surface area contributed by atoms with E-state index >= 15 is 0 Å². The molecule has 1 aliphatic heterocycles. The quantitative estimate of drug-likeness (QED) is 0.452. The van der Waals surface area contributed by atoms with E-state index in [-0.39, 0.29) is 23.3 Å². The first kappa shape index (κ1) is 24.8. The van der Waals surface area contributed by atoms with E-state index in [1.54, 1.807) is 12.1 Å². The number of nitrogens with one attached hydrogen (secondary N) is 1. The Hall–Kier alpha value is -3.35. The summed E-state index contributed by atoms with van der Waals surface area (Å²) in [4.78, 5) is 6.20. The molecule has 1 aromatic heterocycles. The lowest BCUT2D eigenvalue weighted by Crippen LogP contribution is -2.38. The number of halogens is 4. The van der Waals surface area contributed by atoms with E-state index in [0.29, 0.717) is 16.9 Å². The molecule has 1 atom stereocenters. The van der Waals surface area contributed by atoms with Crippen molar-refractivity contribution in [2.45, 2.75) is 38.6 Å². The second kappa shape index (κ2) is 9.36. The van der Waals surface area contributed by atoms with Crippen LogP contribution in [0.2, 0.25) is 0 Å². The minimum absolute atomic E-state index is 0.1000. The summed E-state index contributed by atoms with van der Waals surface area (Å²) in [5.74, 6) is -1.94. The standard InChI is InChI=1S/C22H22F4N4O4S/c1-13-5-3-4-10-30(13)18-8-6-14(11-17(18)29-35(2,31)32)21-27-20(28-34-21)16-12-15(23)7-9-19(16)33-22(24,25)26/h6-9,11-13,29H,3-5,10H2,1-2H3. The van der Waals surface area contributed by atoms with Gasteiger partial charge in [-0.3, -0.25) is 4.72 Å². The van der Waals surface area contributed by atoms with Gasteiger partial charge in [-0.05, 0) is 62.6 Å². The molecule has 0 aliphatic carbocycles. The Bertz CT molecular complexity index is 1330. The molecule has 0 saturated carbocycles. The molecule has 188 valence electrons. The number of aromatic nitrogens is 2. The van der Waals surface area contributed by atoms with Crippen LogP contribution in [0, 0.1) is 5.82 Å². The van der Waals surface area contributed by atoms with Crippen LogP contribution in [0.15, 0.2) is 40.9 Å². The first-order valence-electron chi connectivity index (χ1n) is 10.7. The van der Waals surface area contributed by atoms with Crippen LogP contribution in [0.25, 0.3) is 22.8 Å². The third-order valence-corrected chi connectivity index (χ3v) is 6.08. The second-order valence-electron chi connectivity index (χ2n) is 8.26. The lowest BCUT2D eigenvalue weighted by molar-refractivity contribution is -0.274. The Morgan fingerprint density at radius 3 is 2.63 bits per heavy atom. The van der Waals surface area contributed by atoms with Crippen molar-refractivity contribution in [3.8, 4) is 28.6 Å². The number of alkyl halides is 3. The van der Waals surface area contributed by atoms with Crippen LogP contribution >= 0.6 is 0 Å². The molecule has 35 heavy (non-hydrogen) atoms. The summed E-state index contributed by atoms with van der Waals surface area (Å²) in [5.41, 5.74) is 0.936. The second-order valence-corrected chi connectivity index (χ2v) is 10.0. The summed E-state index contributed by atoms with van der Waals surface area (Å²) in [6, 6.07) is 7.49. The van der Waals surface area contributed by atoms with Crippen molar-refractivity contribution < 1.29 is 35.2 Å². The van der Waals surface area contributed by atoms with Gasteiger partial charge in [0.2, 0.25) is 15.8 Å². The van der Waals surface area contributed by atoms with Gasteiger partial charge in [0.15, 0.2) is 0 Å². The van der Waals surface area contributed by atoms with Gasteiger partial charge in [-0.15, -0.1) is 13.2 Å². The number of hydrogen-bond acceptors (Lipinski definition) is 7. The molecule has 1 unspecified atom stereocenters. The summed E-state index contributed by atoms with van der Waals surface area (Å²) in [6.45, 7) is 2.81. The van der Waals surface area contributed by atoms with Gasteiger partial charge >= 0.3 is 6.36 Å². The predicted octanol–water partition coefficient (Wildman–Crippen LogP) is 5.19. The summed E-state index contributed by atoms with van der Waals surface area (Å²) in [6.07, 6.45) is -0.974. The average Bonchev–Trinajstić information content (AvgIpc) is 3.24. The number of hydrogen-bond donors (Lipinski definition) is 1. The summed E-state index contributed by atoms with van der Waals surface area (Å²) in [5, 5.41) is 3.67. The van der Waals surface area contributed by atoms with Crippen molar-refractivity contribution in [1.29, 1.82) is 0 Å². The zero-order chi connectivity index (χ0) is 25.4. The monoisotopic (exact) mass is 514 g/mol. The van der Waals surface area contributed by atoms with E-state index in [9.17, 15) is 26.0 Å². The normalized spacial score (nSPS) is 16.9. The van der Waals surface area contributed by atoms with Crippen molar-refractivity contribution in [3.63, 3.8) is 0 Å². The molecule has 8 nitrogen and oxygen atoms in total. The maximum absolute atomic E-state index is 13.8. The van der Waals surface area contributed by atoms with Gasteiger partial charge in [-0.2, -0.15) is 4.98 Å². The van der Waals surface area contributed by atoms with E-state index in [0.717, 1.165) is 50.3 Å². The summed E-state index contributed by atoms with van der Waals surface area (Å²) >= 11 is 0. The van der Waals surface area contributed by atoms with Crippen LogP contribution in [0.3, 0.4) is 0 Å². The van der Waals surface area contributed by atoms with E-state index < -0.39 is 28.0 Å². The maximum atomic E-state index is 13.8. The average molecular weight is 515 g/mol. The molecule has 1 fully saturated rings. The Morgan fingerprint density at radius 2 is 1.94 bits per heavy atom. The van der Waals surface area contributed by atoms with Crippen LogP contribution in [0.4, 0.5) is 28.9 Å². The fourth-order valence-electron chi connectivity index (χ4n) is 4.00. The van der Waals surface area contributed by atoms with E-state index in [4.69, 9.17) is 4.52 Å². The fourth-order valence-corrected chi connectivity index (χ4v) is 4.56. The molecule has 1 aliphatic rings. The van der Waals surface area contributed by atoms with Gasteiger partial charge in [-0.1, -0.05) is 5.16 Å². The van der Waals surface area contributed by atoms with Crippen LogP contribution < -0.4 is 14.4 Å². The Morgan fingerprint density at radius 1 is 1.17 bits per heavy atom. The zero-order valence-corrected chi connectivity index (χ0v) is 19.6. The first-order chi connectivity index (χ1) is 16.4. The molecular formula is C22H22F4N4O4S. The smallest absolute Gasteiger partial charge is 0.405 e. The van der Waals surface area contributed by atoms with E-state index in [2.05, 4.69) is 31.4 Å². The molecule has 4 rings (SSSR count). The topological polar surface area (TPSA) is 97.6 Å². The van der Waals surface area contributed by atoms with E-state index in [1.807, 2.05) is 0 Å². The molecule has 0 radical (unpaired) electrons. The van der Waals surface area contributed by atoms with Gasteiger partial charge in [-0.25, -0.2) is 12.8 Å². The fraction of sp³-hybridized carbons (Fsp3) is 0.364. The summed E-state index contributed by atoms with van der Waals surface area (Å²) < 4.78 is 87.8. The van der Waals surface area contributed by atoms with Gasteiger partial charge in [0, 0.05) is 18.2 Å². The van der Waals surface area contributed by atoms with Crippen LogP contribution in [-0.2, 0) is 10.0 Å². The first-order valence-corrected chi connectivity index (χ1v) is 12.6. The molecule has 1 saturated heterocycles. The van der Waals surface area contributed by atoms with Crippen molar-refractivity contribution in [2.75, 3.05) is 22.4 Å². The number of sulfonamides is 1. The molecule has 13 heteroatoms. The van der Waals surface area contributed by atoms with Gasteiger partial charge in [0.05, 0.1) is 23.2 Å². The summed E-state index contributed by atoms with van der Waals surface area (Å²) in [7, 11) is -3.63. The Balaban J connectivity index is 1.73. The Labute approximate surface area is 198 Å². The van der Waals surface area contributed by atoms with Crippen molar-refractivity contribution in [2.24, 2.45) is 0 Å². The number of anilines is 2. The highest BCUT2D eigenvalue weighted by Gasteiger charge is 2.33. The number of rotatable bonds is 6. The third kappa shape index (κ3) is 6.02. The number of benzene rings is 2. The zero-order valence-electron chi connectivity index (χ0n) is 18.8. The van der Waals surface area contributed by atoms with Gasteiger partial charge in [0.1, 0.15) is 11.6 Å². The molecule has 2 aromatic carbocycles. The predicted molar refractivity (Wildman–Crippen MR) is 121 cm³/mol. The van der Waals surface area contributed by atoms with Crippen molar-refractivity contribution in [1.82, 2.24) is 10.1 Å². The molecule has 0 spiro atoms. The number of piperidine rings is 1. The minimum atomic E-state index is -5.01. The van der Waals surface area contributed by atoms with Crippen molar-refractivity contribution >= 4 is 21.4 Å². The highest BCUT2D eigenvalue weighted by molar-refractivity contribution is 7.92. The lowest BCUT2D eigenvalue weighted by Gasteiger charge is -2.36. The van der Waals surface area contributed by atoms with Crippen LogP contribution in [0.1, 0.15) is 26.2 Å². The molecule has 2 heterocycles. The Kier molecular flexibility index (Phi) is 6.62. The third-order valence-electron chi connectivity index (χ3n) is 5.49. The highest BCUT2D eigenvalue weighted by atomic mass is 32.2. The van der Waals surface area contributed by atoms with Crippen LogP contribution in [-0.4, -0.2) is 43.8 Å². The van der Waals surface area contributed by atoms with Gasteiger partial charge in [0.25, 0.3) is 5.89 Å². The van der Waals surface area contributed by atoms with Gasteiger partial charge < -0.3 is 14.2 Å². The maximum Gasteiger partial charge on any atom is 0.573 e. The van der Waals surface area contributed by atoms with Crippen molar-refractivity contribution in [3.05, 3.63) is 42.2 Å². The largest absolute Gasteiger partial charge is 0.573 e. The molecule has 0 bridgehead atoms. The molecule has 1 N–H and O–H groups in total. The SMILES string of the molecule is CC1CCCCN1c1ccc(-c2nc(-c3cc(F)ccc3OC(F)(F)F)no2)cc1NS(C)(=O)=O. The van der Waals surface area contributed by atoms with Crippen LogP contribution in [0.5, 0.6) is 5.75 Å². The molecule has 0 amide bonds.